The molecule has 0 aromatic heterocycles. The summed E-state index contributed by atoms with van der Waals surface area (Å²) in [6.07, 6.45) is 0. The maximum absolute atomic E-state index is 14.1. The van der Waals surface area contributed by atoms with Crippen LogP contribution in [-0.2, 0) is 0 Å². The monoisotopic (exact) mass is 286 g/mol. The van der Waals surface area contributed by atoms with Crippen molar-refractivity contribution in [3.63, 3.8) is 0 Å². The predicted molar refractivity (Wildman–Crippen MR) is 72.1 cm³/mol. The van der Waals surface area contributed by atoms with Crippen LogP contribution in [0.3, 0.4) is 0 Å². The lowest BCUT2D eigenvalue weighted by Gasteiger charge is -2.39. The largest absolute Gasteiger partial charge is 0.508 e. The predicted octanol–water partition coefficient (Wildman–Crippen LogP) is 1.27. The molecule has 0 aliphatic carbocycles. The number of aliphatic hydroxyl groups excluding tert-OH is 1. The van der Waals surface area contributed by atoms with Crippen molar-refractivity contribution in [2.45, 2.75) is 18.9 Å². The highest BCUT2D eigenvalue weighted by atomic mass is 19.3. The van der Waals surface area contributed by atoms with Crippen LogP contribution in [0.1, 0.15) is 17.2 Å². The average Bonchev–Trinajstić information content (AvgIpc) is 2.43. The molecule has 20 heavy (non-hydrogen) atoms. The Morgan fingerprint density at radius 1 is 1.35 bits per heavy atom. The summed E-state index contributed by atoms with van der Waals surface area (Å²) in [7, 11) is 0. The van der Waals surface area contributed by atoms with Gasteiger partial charge in [-0.25, -0.2) is 8.78 Å². The average molecular weight is 286 g/mol. The molecule has 1 aromatic carbocycles. The molecule has 0 unspecified atom stereocenters. The van der Waals surface area contributed by atoms with Crippen LogP contribution >= 0.6 is 0 Å². The van der Waals surface area contributed by atoms with E-state index in [1.165, 1.54) is 12.1 Å². The van der Waals surface area contributed by atoms with Gasteiger partial charge in [0.15, 0.2) is 0 Å². The first-order chi connectivity index (χ1) is 9.45. The molecular weight excluding hydrogens is 266 g/mol. The van der Waals surface area contributed by atoms with Crippen LogP contribution in [0.5, 0.6) is 5.75 Å². The molecule has 1 fully saturated rings. The van der Waals surface area contributed by atoms with Crippen LogP contribution in [0, 0.1) is 6.92 Å². The number of hydrogen-bond donors (Lipinski definition) is 3. The molecule has 1 saturated heterocycles. The van der Waals surface area contributed by atoms with Gasteiger partial charge in [0, 0.05) is 31.7 Å². The molecule has 1 aromatic rings. The minimum atomic E-state index is -3.30. The molecule has 4 nitrogen and oxygen atoms in total. The molecule has 3 N–H and O–H groups in total. The molecule has 1 heterocycles. The maximum atomic E-state index is 14.1. The fraction of sp³-hybridized carbons (Fsp3) is 0.571. The highest BCUT2D eigenvalue weighted by Gasteiger charge is 2.45. The minimum absolute atomic E-state index is 0.151. The third-order valence-electron chi connectivity index (χ3n) is 3.61. The van der Waals surface area contributed by atoms with Gasteiger partial charge < -0.3 is 15.5 Å². The van der Waals surface area contributed by atoms with E-state index in [1.807, 2.05) is 0 Å². The summed E-state index contributed by atoms with van der Waals surface area (Å²) in [6.45, 7) is 2.68. The molecule has 1 aliphatic heterocycles. The first-order valence-corrected chi connectivity index (χ1v) is 6.68. The second kappa shape index (κ2) is 6.03. The van der Waals surface area contributed by atoms with E-state index in [0.717, 1.165) is 5.56 Å². The first-order valence-electron chi connectivity index (χ1n) is 6.68. The van der Waals surface area contributed by atoms with Gasteiger partial charge in [0.05, 0.1) is 0 Å². The summed E-state index contributed by atoms with van der Waals surface area (Å²) in [5.74, 6) is -3.45. The molecule has 6 heteroatoms. The Hall–Kier alpha value is -1.24. The van der Waals surface area contributed by atoms with E-state index < -0.39 is 18.6 Å². The summed E-state index contributed by atoms with van der Waals surface area (Å²) in [5.41, 5.74) is 0.967. The van der Waals surface area contributed by atoms with E-state index in [-0.39, 0.29) is 11.3 Å². The van der Waals surface area contributed by atoms with E-state index >= 15 is 0 Å². The van der Waals surface area contributed by atoms with Crippen molar-refractivity contribution in [3.05, 3.63) is 29.3 Å². The van der Waals surface area contributed by atoms with Crippen molar-refractivity contribution < 1.29 is 19.0 Å². The zero-order valence-corrected chi connectivity index (χ0v) is 11.4. The van der Waals surface area contributed by atoms with Crippen molar-refractivity contribution in [2.75, 3.05) is 32.8 Å². The molecular formula is C14H20F2N2O2. The van der Waals surface area contributed by atoms with Gasteiger partial charge in [0.1, 0.15) is 18.4 Å². The van der Waals surface area contributed by atoms with Crippen LogP contribution in [0.2, 0.25) is 0 Å². The summed E-state index contributed by atoms with van der Waals surface area (Å²) in [6, 6.07) is 3.37. The van der Waals surface area contributed by atoms with Crippen molar-refractivity contribution in [3.8, 4) is 5.75 Å². The van der Waals surface area contributed by atoms with Gasteiger partial charge in [-0.15, -0.1) is 0 Å². The van der Waals surface area contributed by atoms with Gasteiger partial charge in [-0.1, -0.05) is 12.1 Å². The van der Waals surface area contributed by atoms with Crippen LogP contribution < -0.4 is 5.32 Å². The second-order valence-electron chi connectivity index (χ2n) is 5.17. The number of phenols is 1. The van der Waals surface area contributed by atoms with E-state index in [4.69, 9.17) is 5.11 Å². The summed E-state index contributed by atoms with van der Waals surface area (Å²) in [4.78, 5) is 1.61. The third kappa shape index (κ3) is 3.08. The lowest BCUT2D eigenvalue weighted by Crippen LogP contribution is -2.51. The Balaban J connectivity index is 2.39. The number of nitrogens with zero attached hydrogens (tertiary/aromatic N) is 1. The van der Waals surface area contributed by atoms with E-state index in [2.05, 4.69) is 5.32 Å². The molecule has 1 atom stereocenters. The van der Waals surface area contributed by atoms with Gasteiger partial charge in [-0.3, -0.25) is 4.90 Å². The Morgan fingerprint density at radius 3 is 2.55 bits per heavy atom. The standard InChI is InChI=1S/C14H20F2N2O2/c1-10-2-3-11(12(20)8-10)13(14(15,16)9-19)18-6-4-17-5-7-18/h2-3,8,13,17,19-20H,4-7,9H2,1H3/t13-/m1/s1. The van der Waals surface area contributed by atoms with E-state index in [0.29, 0.717) is 26.2 Å². The SMILES string of the molecule is Cc1ccc([C@@H](N2CCNCC2)C(F)(F)CO)c(O)c1. The summed E-state index contributed by atoms with van der Waals surface area (Å²) >= 11 is 0. The number of hydrogen-bond acceptors (Lipinski definition) is 4. The normalized spacial score (nSPS) is 19.0. The van der Waals surface area contributed by atoms with Gasteiger partial charge in [0.2, 0.25) is 0 Å². The molecule has 0 spiro atoms. The van der Waals surface area contributed by atoms with E-state index in [9.17, 15) is 13.9 Å². The number of piperazine rings is 1. The highest BCUT2D eigenvalue weighted by Crippen LogP contribution is 2.40. The summed E-state index contributed by atoms with van der Waals surface area (Å²) in [5, 5.41) is 22.1. The number of phenolic OH excluding ortho intramolecular Hbond substituents is 1. The number of halogens is 2. The first kappa shape index (κ1) is 15.2. The number of alkyl halides is 2. The van der Waals surface area contributed by atoms with Gasteiger partial charge in [-0.05, 0) is 18.6 Å². The topological polar surface area (TPSA) is 55.7 Å². The smallest absolute Gasteiger partial charge is 0.290 e. The zero-order chi connectivity index (χ0) is 14.8. The number of benzene rings is 1. The molecule has 2 rings (SSSR count). The summed E-state index contributed by atoms with van der Waals surface area (Å²) < 4.78 is 28.3. The Morgan fingerprint density at radius 2 is 2.00 bits per heavy atom. The molecule has 0 amide bonds. The van der Waals surface area contributed by atoms with Crippen molar-refractivity contribution in [1.82, 2.24) is 10.2 Å². The maximum Gasteiger partial charge on any atom is 0.290 e. The van der Waals surface area contributed by atoms with Gasteiger partial charge >= 0.3 is 0 Å². The third-order valence-corrected chi connectivity index (χ3v) is 3.61. The number of aryl methyl sites for hydroxylation is 1. The number of nitrogens with one attached hydrogen (secondary N) is 1. The van der Waals surface area contributed by atoms with Crippen LogP contribution in [0.25, 0.3) is 0 Å². The Bertz CT molecular complexity index is 462. The molecule has 1 aliphatic rings. The highest BCUT2D eigenvalue weighted by molar-refractivity contribution is 5.39. The Labute approximate surface area is 117 Å². The van der Waals surface area contributed by atoms with Crippen molar-refractivity contribution in [1.29, 1.82) is 0 Å². The molecule has 0 saturated carbocycles. The fourth-order valence-electron chi connectivity index (χ4n) is 2.60. The van der Waals surface area contributed by atoms with Gasteiger partial charge in [0.25, 0.3) is 5.92 Å². The van der Waals surface area contributed by atoms with E-state index in [1.54, 1.807) is 17.9 Å². The number of aliphatic hydroxyl groups is 1. The molecule has 112 valence electrons. The van der Waals surface area contributed by atoms with Crippen molar-refractivity contribution in [2.24, 2.45) is 0 Å². The minimum Gasteiger partial charge on any atom is -0.508 e. The second-order valence-corrected chi connectivity index (χ2v) is 5.17. The van der Waals surface area contributed by atoms with Crippen LogP contribution in [-0.4, -0.2) is 53.8 Å². The molecule has 0 bridgehead atoms. The Kier molecular flexibility index (Phi) is 4.57. The number of aromatic hydroxyl groups is 1. The van der Waals surface area contributed by atoms with Crippen LogP contribution in [0.15, 0.2) is 18.2 Å². The van der Waals surface area contributed by atoms with Crippen LogP contribution in [0.4, 0.5) is 8.78 Å². The lowest BCUT2D eigenvalue weighted by molar-refractivity contribution is -0.119. The van der Waals surface area contributed by atoms with Gasteiger partial charge in [-0.2, -0.15) is 0 Å². The number of rotatable bonds is 4. The zero-order valence-electron chi connectivity index (χ0n) is 11.4. The lowest BCUT2D eigenvalue weighted by atomic mass is 9.96. The van der Waals surface area contributed by atoms with Crippen molar-refractivity contribution >= 4 is 0 Å². The fourth-order valence-corrected chi connectivity index (χ4v) is 2.60. The molecule has 0 radical (unpaired) electrons. The quantitative estimate of drug-likeness (QED) is 0.780.